The molecule has 0 fully saturated rings. The van der Waals surface area contributed by atoms with Gasteiger partial charge in [-0.15, -0.1) is 0 Å². The van der Waals surface area contributed by atoms with E-state index in [0.717, 1.165) is 51.4 Å². The van der Waals surface area contributed by atoms with Crippen LogP contribution in [0, 0.1) is 0 Å². The number of carbonyl (C=O) groups excluding carboxylic acids is 2. The van der Waals surface area contributed by atoms with Crippen molar-refractivity contribution in [3.05, 3.63) is 36.5 Å². The average molecular weight is 1050 g/mol. The monoisotopic (exact) mass is 1050 g/mol. The lowest BCUT2D eigenvalue weighted by molar-refractivity contribution is -0.143. The molecule has 6 nitrogen and oxygen atoms in total. The minimum atomic E-state index is -0.845. The van der Waals surface area contributed by atoms with Gasteiger partial charge in [0.15, 0.2) is 0 Å². The third kappa shape index (κ3) is 61.2. The van der Waals surface area contributed by atoms with E-state index in [9.17, 15) is 19.8 Å². The summed E-state index contributed by atoms with van der Waals surface area (Å²) in [7, 11) is 0. The third-order valence-electron chi connectivity index (χ3n) is 15.7. The van der Waals surface area contributed by atoms with Crippen LogP contribution in [0.2, 0.25) is 0 Å². The molecule has 0 bridgehead atoms. The van der Waals surface area contributed by atoms with E-state index >= 15 is 0 Å². The molecule has 0 aromatic rings. The molecule has 0 heterocycles. The number of allylic oxidation sites excluding steroid dienone is 5. The van der Waals surface area contributed by atoms with E-state index in [-0.39, 0.29) is 18.5 Å². The molecule has 0 aromatic heterocycles. The molecule has 0 saturated heterocycles. The third-order valence-corrected chi connectivity index (χ3v) is 15.7. The number of unbranched alkanes of at least 4 members (excludes halogenated alkanes) is 48. The van der Waals surface area contributed by atoms with Gasteiger partial charge < -0.3 is 20.3 Å². The zero-order valence-electron chi connectivity index (χ0n) is 50.5. The maximum Gasteiger partial charge on any atom is 0.305 e. The maximum absolute atomic E-state index is 12.5. The molecule has 3 N–H and O–H groups in total. The van der Waals surface area contributed by atoms with Crippen LogP contribution >= 0.6 is 0 Å². The van der Waals surface area contributed by atoms with Crippen LogP contribution in [0.4, 0.5) is 0 Å². The highest BCUT2D eigenvalue weighted by Gasteiger charge is 2.18. The Hall–Kier alpha value is -1.92. The number of hydrogen-bond acceptors (Lipinski definition) is 5. The molecule has 0 spiro atoms. The Morgan fingerprint density at radius 3 is 1.04 bits per heavy atom. The average Bonchev–Trinajstić information content (AvgIpc) is 3.41. The lowest BCUT2D eigenvalue weighted by Crippen LogP contribution is -2.45. The van der Waals surface area contributed by atoms with Crippen molar-refractivity contribution < 1.29 is 24.5 Å². The molecule has 0 aliphatic carbocycles. The molecule has 0 radical (unpaired) electrons. The lowest BCUT2D eigenvalue weighted by atomic mass is 10.0. The lowest BCUT2D eigenvalue weighted by Gasteiger charge is -2.20. The van der Waals surface area contributed by atoms with Gasteiger partial charge in [-0.2, -0.15) is 0 Å². The Bertz CT molecular complexity index is 1210. The summed E-state index contributed by atoms with van der Waals surface area (Å²) in [5.41, 5.74) is 0. The molecule has 0 aliphatic rings. The molecule has 6 heteroatoms. The first kappa shape index (κ1) is 73.1. The fourth-order valence-corrected chi connectivity index (χ4v) is 10.5. The van der Waals surface area contributed by atoms with E-state index in [1.807, 2.05) is 6.08 Å². The summed E-state index contributed by atoms with van der Waals surface area (Å²) in [5.74, 6) is -0.0583. The van der Waals surface area contributed by atoms with Crippen LogP contribution in [-0.2, 0) is 14.3 Å². The molecule has 0 saturated carbocycles. The zero-order chi connectivity index (χ0) is 54.3. The van der Waals surface area contributed by atoms with Crippen LogP contribution in [0.15, 0.2) is 36.5 Å². The van der Waals surface area contributed by atoms with E-state index in [2.05, 4.69) is 43.5 Å². The van der Waals surface area contributed by atoms with Crippen molar-refractivity contribution in [1.82, 2.24) is 5.32 Å². The quantitative estimate of drug-likeness (QED) is 0.0320. The molecular formula is C69H131NO5. The second-order valence-corrected chi connectivity index (χ2v) is 23.2. The van der Waals surface area contributed by atoms with Gasteiger partial charge in [-0.05, 0) is 64.2 Å². The van der Waals surface area contributed by atoms with Gasteiger partial charge in [0.1, 0.15) is 0 Å². The number of hydrogen-bond donors (Lipinski definition) is 3. The van der Waals surface area contributed by atoms with Crippen molar-refractivity contribution in [1.29, 1.82) is 0 Å². The first-order chi connectivity index (χ1) is 37.0. The van der Waals surface area contributed by atoms with Crippen LogP contribution in [0.3, 0.4) is 0 Å². The normalized spacial score (nSPS) is 12.7. The predicted molar refractivity (Wildman–Crippen MR) is 329 cm³/mol. The largest absolute Gasteiger partial charge is 0.466 e. The number of aliphatic hydroxyl groups excluding tert-OH is 2. The van der Waals surface area contributed by atoms with Crippen molar-refractivity contribution in [2.24, 2.45) is 0 Å². The molecule has 0 aromatic carbocycles. The molecule has 2 atom stereocenters. The van der Waals surface area contributed by atoms with E-state index in [1.54, 1.807) is 6.08 Å². The highest BCUT2D eigenvalue weighted by molar-refractivity contribution is 5.76. The van der Waals surface area contributed by atoms with E-state index in [4.69, 9.17) is 4.74 Å². The summed E-state index contributed by atoms with van der Waals surface area (Å²) in [6.07, 6.45) is 82.0. The van der Waals surface area contributed by atoms with Crippen molar-refractivity contribution in [2.75, 3.05) is 13.2 Å². The van der Waals surface area contributed by atoms with Gasteiger partial charge in [-0.1, -0.05) is 326 Å². The van der Waals surface area contributed by atoms with E-state index in [0.29, 0.717) is 19.4 Å². The van der Waals surface area contributed by atoms with Crippen LogP contribution in [0.5, 0.6) is 0 Å². The second-order valence-electron chi connectivity index (χ2n) is 23.2. The number of nitrogens with one attached hydrogen (secondary N) is 1. The minimum Gasteiger partial charge on any atom is -0.466 e. The molecule has 2 unspecified atom stereocenters. The summed E-state index contributed by atoms with van der Waals surface area (Å²) in [5, 5.41) is 23.2. The summed E-state index contributed by atoms with van der Waals surface area (Å²) in [6, 6.07) is -0.628. The van der Waals surface area contributed by atoms with Gasteiger partial charge in [-0.3, -0.25) is 9.59 Å². The topological polar surface area (TPSA) is 95.9 Å². The number of ether oxygens (including phenoxy) is 1. The standard InChI is InChI=1S/C69H131NO5/c1-3-5-7-9-11-13-15-17-19-21-30-33-37-41-45-49-53-57-61-67(72)66(65-71)70-68(73)62-58-54-50-46-42-38-34-31-27-25-23-22-24-26-28-32-36-40-44-48-52-56-60-64-75-69(74)63-59-55-51-47-43-39-35-29-20-18-16-14-12-10-8-6-4-2/h12,14,18,20,57,61,66-67,71-72H,3-11,13,15-17,19,21-56,58-60,62-65H2,1-2H3,(H,70,73)/b14-12-,20-18-,61-57+. The first-order valence-electron chi connectivity index (χ1n) is 33.8. The predicted octanol–water partition coefficient (Wildman–Crippen LogP) is 21.5. The van der Waals surface area contributed by atoms with Crippen molar-refractivity contribution in [2.45, 2.75) is 379 Å². The molecule has 0 aliphatic heterocycles. The Morgan fingerprint density at radius 2 is 0.667 bits per heavy atom. The highest BCUT2D eigenvalue weighted by atomic mass is 16.5. The SMILES string of the molecule is CCCCC/C=C\C/C=C\CCCCCCCCCC(=O)OCCCCCCCCCCCCCCCCCCCCCCCCCC(=O)NC(CO)C(O)/C=C/CCCCCCCCCCCCCCCCCC. The van der Waals surface area contributed by atoms with Gasteiger partial charge in [-0.25, -0.2) is 0 Å². The van der Waals surface area contributed by atoms with Crippen molar-refractivity contribution in [3.63, 3.8) is 0 Å². The molecule has 1 amide bonds. The second kappa shape index (κ2) is 64.6. The van der Waals surface area contributed by atoms with Gasteiger partial charge in [0.2, 0.25) is 5.91 Å². The molecule has 0 rings (SSSR count). The number of esters is 1. The summed E-state index contributed by atoms with van der Waals surface area (Å²) in [4.78, 5) is 24.6. The Labute approximate surface area is 468 Å². The van der Waals surface area contributed by atoms with Gasteiger partial charge >= 0.3 is 5.97 Å². The fourth-order valence-electron chi connectivity index (χ4n) is 10.5. The summed E-state index contributed by atoms with van der Waals surface area (Å²) >= 11 is 0. The number of amides is 1. The zero-order valence-corrected chi connectivity index (χ0v) is 50.5. The van der Waals surface area contributed by atoms with Crippen LogP contribution in [0.25, 0.3) is 0 Å². The van der Waals surface area contributed by atoms with E-state index < -0.39 is 12.1 Å². The smallest absolute Gasteiger partial charge is 0.305 e. The number of rotatable bonds is 63. The molecular weight excluding hydrogens is 923 g/mol. The minimum absolute atomic E-state index is 0.00650. The summed E-state index contributed by atoms with van der Waals surface area (Å²) in [6.45, 7) is 4.90. The van der Waals surface area contributed by atoms with Gasteiger partial charge in [0.25, 0.3) is 0 Å². The van der Waals surface area contributed by atoms with Crippen molar-refractivity contribution >= 4 is 11.9 Å². The Morgan fingerprint density at radius 1 is 0.373 bits per heavy atom. The number of carbonyl (C=O) groups is 2. The number of aliphatic hydroxyl groups is 2. The molecule has 442 valence electrons. The summed E-state index contributed by atoms with van der Waals surface area (Å²) < 4.78 is 5.50. The molecule has 75 heavy (non-hydrogen) atoms. The Kier molecular flexibility index (Phi) is 63.0. The van der Waals surface area contributed by atoms with Crippen molar-refractivity contribution in [3.8, 4) is 0 Å². The van der Waals surface area contributed by atoms with Crippen LogP contribution in [-0.4, -0.2) is 47.4 Å². The van der Waals surface area contributed by atoms with Crippen LogP contribution < -0.4 is 5.32 Å². The van der Waals surface area contributed by atoms with Crippen LogP contribution in [0.1, 0.15) is 367 Å². The maximum atomic E-state index is 12.5. The fraction of sp³-hybridized carbons (Fsp3) is 0.884. The Balaban J connectivity index is 3.39. The van der Waals surface area contributed by atoms with Gasteiger partial charge in [0.05, 0.1) is 25.4 Å². The first-order valence-corrected chi connectivity index (χ1v) is 33.8. The van der Waals surface area contributed by atoms with Gasteiger partial charge in [0, 0.05) is 12.8 Å². The van der Waals surface area contributed by atoms with E-state index in [1.165, 1.54) is 289 Å². The highest BCUT2D eigenvalue weighted by Crippen LogP contribution is 2.18.